The second-order valence-corrected chi connectivity index (χ2v) is 8.39. The van der Waals surface area contributed by atoms with Gasteiger partial charge in [0.15, 0.2) is 0 Å². The van der Waals surface area contributed by atoms with Crippen molar-refractivity contribution >= 4 is 23.4 Å². The highest BCUT2D eigenvalue weighted by Gasteiger charge is 2.40. The van der Waals surface area contributed by atoms with Crippen LogP contribution in [0.2, 0.25) is 5.02 Å². The zero-order valence-electron chi connectivity index (χ0n) is 16.7. The average Bonchev–Trinajstić information content (AvgIpc) is 3.14. The molecule has 1 fully saturated rings. The van der Waals surface area contributed by atoms with Gasteiger partial charge in [-0.15, -0.1) is 0 Å². The molecule has 4 nitrogen and oxygen atoms in total. The summed E-state index contributed by atoms with van der Waals surface area (Å²) in [5.41, 5.74) is 1.40. The molecule has 2 aromatic rings. The first kappa shape index (κ1) is 21.3. The summed E-state index contributed by atoms with van der Waals surface area (Å²) in [5.74, 6) is -0.569. The summed E-state index contributed by atoms with van der Waals surface area (Å²) in [4.78, 5) is 27.5. The van der Waals surface area contributed by atoms with E-state index in [0.29, 0.717) is 36.1 Å². The molecule has 2 aromatic carbocycles. The van der Waals surface area contributed by atoms with E-state index in [0.717, 1.165) is 12.0 Å². The first-order valence-corrected chi connectivity index (χ1v) is 10.3. The molecular weight excluding hydrogens is 391 g/mol. The Labute approximate surface area is 176 Å². The fourth-order valence-electron chi connectivity index (χ4n) is 3.67. The minimum Gasteiger partial charge on any atom is -0.356 e. The number of carbonyl (C=O) groups excluding carboxylic acids is 2. The number of benzene rings is 2. The van der Waals surface area contributed by atoms with Crippen LogP contribution in [0.5, 0.6) is 0 Å². The maximum Gasteiger partial charge on any atom is 0.253 e. The number of hydrogen-bond acceptors (Lipinski definition) is 2. The van der Waals surface area contributed by atoms with Gasteiger partial charge in [0.05, 0.1) is 5.92 Å². The lowest BCUT2D eigenvalue weighted by atomic mass is 9.88. The van der Waals surface area contributed by atoms with E-state index in [2.05, 4.69) is 19.2 Å². The molecule has 2 unspecified atom stereocenters. The van der Waals surface area contributed by atoms with Crippen LogP contribution in [0.25, 0.3) is 0 Å². The summed E-state index contributed by atoms with van der Waals surface area (Å²) in [6, 6.07) is 12.9. The van der Waals surface area contributed by atoms with Crippen molar-refractivity contribution in [3.63, 3.8) is 0 Å². The Morgan fingerprint density at radius 1 is 1.10 bits per heavy atom. The molecule has 1 aliphatic heterocycles. The largest absolute Gasteiger partial charge is 0.356 e. The number of nitrogens with zero attached hydrogens (tertiary/aromatic N) is 1. The zero-order valence-corrected chi connectivity index (χ0v) is 17.5. The fraction of sp³-hybridized carbons (Fsp3) is 0.391. The molecule has 0 saturated carbocycles. The molecule has 1 saturated heterocycles. The van der Waals surface area contributed by atoms with Gasteiger partial charge in [-0.2, -0.15) is 0 Å². The molecule has 0 bridgehead atoms. The highest BCUT2D eigenvalue weighted by Crippen LogP contribution is 2.34. The number of amides is 2. The van der Waals surface area contributed by atoms with Crippen molar-refractivity contribution in [1.29, 1.82) is 0 Å². The molecule has 2 amide bonds. The molecule has 154 valence electrons. The molecule has 1 N–H and O–H groups in total. The highest BCUT2D eigenvalue weighted by molar-refractivity contribution is 6.30. The quantitative estimate of drug-likeness (QED) is 0.753. The lowest BCUT2D eigenvalue weighted by Crippen LogP contribution is -2.36. The maximum atomic E-state index is 13.4. The smallest absolute Gasteiger partial charge is 0.253 e. The predicted octanol–water partition coefficient (Wildman–Crippen LogP) is 4.50. The summed E-state index contributed by atoms with van der Waals surface area (Å²) in [6.45, 7) is 5.56. The van der Waals surface area contributed by atoms with E-state index in [1.54, 1.807) is 41.3 Å². The Bertz CT molecular complexity index is 852. The van der Waals surface area contributed by atoms with Crippen LogP contribution >= 0.6 is 11.6 Å². The van der Waals surface area contributed by atoms with Crippen molar-refractivity contribution in [1.82, 2.24) is 10.2 Å². The maximum absolute atomic E-state index is 13.4. The van der Waals surface area contributed by atoms with E-state index < -0.39 is 0 Å². The molecule has 1 heterocycles. The van der Waals surface area contributed by atoms with Gasteiger partial charge in [-0.05, 0) is 54.3 Å². The van der Waals surface area contributed by atoms with E-state index in [1.807, 2.05) is 0 Å². The third kappa shape index (κ3) is 5.36. The molecule has 0 aliphatic carbocycles. The first-order valence-electron chi connectivity index (χ1n) is 9.93. The first-order chi connectivity index (χ1) is 13.8. The lowest BCUT2D eigenvalue weighted by molar-refractivity contribution is -0.124. The van der Waals surface area contributed by atoms with E-state index >= 15 is 0 Å². The van der Waals surface area contributed by atoms with Gasteiger partial charge >= 0.3 is 0 Å². The second-order valence-electron chi connectivity index (χ2n) is 7.96. The molecule has 1 aliphatic rings. The van der Waals surface area contributed by atoms with Crippen LogP contribution in [0.1, 0.15) is 42.1 Å². The zero-order chi connectivity index (χ0) is 21.0. The Morgan fingerprint density at radius 2 is 1.76 bits per heavy atom. The van der Waals surface area contributed by atoms with Crippen LogP contribution in [0, 0.1) is 17.7 Å². The van der Waals surface area contributed by atoms with Crippen LogP contribution in [0.15, 0.2) is 48.5 Å². The lowest BCUT2D eigenvalue weighted by Gasteiger charge is -2.18. The molecular formula is C23H26ClFN2O2. The van der Waals surface area contributed by atoms with Gasteiger partial charge in [0.1, 0.15) is 5.82 Å². The van der Waals surface area contributed by atoms with Crippen molar-refractivity contribution < 1.29 is 14.0 Å². The van der Waals surface area contributed by atoms with Crippen LogP contribution < -0.4 is 5.32 Å². The van der Waals surface area contributed by atoms with Crippen molar-refractivity contribution in [2.75, 3.05) is 19.6 Å². The monoisotopic (exact) mass is 416 g/mol. The Kier molecular flexibility index (Phi) is 6.91. The number of halogens is 2. The van der Waals surface area contributed by atoms with Gasteiger partial charge in [-0.3, -0.25) is 9.59 Å². The molecule has 0 spiro atoms. The summed E-state index contributed by atoms with van der Waals surface area (Å²) in [7, 11) is 0. The number of hydrogen-bond donors (Lipinski definition) is 1. The Balaban J connectivity index is 1.79. The van der Waals surface area contributed by atoms with Crippen molar-refractivity contribution in [3.8, 4) is 0 Å². The summed E-state index contributed by atoms with van der Waals surface area (Å²) in [6.07, 6.45) is 0.896. The molecule has 0 radical (unpaired) electrons. The van der Waals surface area contributed by atoms with Crippen LogP contribution in [-0.2, 0) is 4.79 Å². The molecule has 2 atom stereocenters. The topological polar surface area (TPSA) is 49.4 Å². The second kappa shape index (κ2) is 9.40. The normalized spacial score (nSPS) is 18.9. The van der Waals surface area contributed by atoms with Gasteiger partial charge in [-0.1, -0.05) is 37.6 Å². The van der Waals surface area contributed by atoms with Gasteiger partial charge in [0.2, 0.25) is 5.91 Å². The summed E-state index contributed by atoms with van der Waals surface area (Å²) < 4.78 is 13.4. The highest BCUT2D eigenvalue weighted by atomic mass is 35.5. The predicted molar refractivity (Wildman–Crippen MR) is 112 cm³/mol. The van der Waals surface area contributed by atoms with Crippen LogP contribution in [0.3, 0.4) is 0 Å². The van der Waals surface area contributed by atoms with Gasteiger partial charge in [0, 0.05) is 36.1 Å². The van der Waals surface area contributed by atoms with E-state index in [1.165, 1.54) is 12.1 Å². The van der Waals surface area contributed by atoms with E-state index in [9.17, 15) is 14.0 Å². The molecule has 3 rings (SSSR count). The SMILES string of the molecule is CC(C)CCNC(=O)C1CN(C(=O)c2ccc(Cl)cc2)CC1c1ccc(F)cc1. The number of nitrogens with one attached hydrogen (secondary N) is 1. The minimum atomic E-state index is -0.371. The van der Waals surface area contributed by atoms with Gasteiger partial charge in [0.25, 0.3) is 5.91 Å². The minimum absolute atomic E-state index is 0.0635. The molecule has 29 heavy (non-hydrogen) atoms. The molecule has 0 aromatic heterocycles. The van der Waals surface area contributed by atoms with E-state index in [4.69, 9.17) is 11.6 Å². The number of likely N-dealkylation sites (tertiary alicyclic amines) is 1. The average molecular weight is 417 g/mol. The van der Waals surface area contributed by atoms with Crippen LogP contribution in [0.4, 0.5) is 4.39 Å². The fourth-order valence-corrected chi connectivity index (χ4v) is 3.80. The van der Waals surface area contributed by atoms with E-state index in [-0.39, 0.29) is 29.5 Å². The number of carbonyl (C=O) groups is 2. The van der Waals surface area contributed by atoms with Crippen molar-refractivity contribution in [3.05, 3.63) is 70.5 Å². The Morgan fingerprint density at radius 3 is 2.38 bits per heavy atom. The van der Waals surface area contributed by atoms with Gasteiger partial charge < -0.3 is 10.2 Å². The van der Waals surface area contributed by atoms with Crippen LogP contribution in [-0.4, -0.2) is 36.3 Å². The summed E-state index contributed by atoms with van der Waals surface area (Å²) >= 11 is 5.92. The molecule has 6 heteroatoms. The third-order valence-corrected chi connectivity index (χ3v) is 5.61. The Hall–Kier alpha value is -2.40. The summed E-state index contributed by atoms with van der Waals surface area (Å²) in [5, 5.41) is 3.57. The third-order valence-electron chi connectivity index (χ3n) is 5.35. The van der Waals surface area contributed by atoms with Crippen molar-refractivity contribution in [2.45, 2.75) is 26.2 Å². The number of rotatable bonds is 6. The van der Waals surface area contributed by atoms with Crippen molar-refractivity contribution in [2.24, 2.45) is 11.8 Å². The van der Waals surface area contributed by atoms with Gasteiger partial charge in [-0.25, -0.2) is 4.39 Å². The standard InChI is InChI=1S/C23H26ClFN2O2/c1-15(2)11-12-26-22(28)21-14-27(23(29)17-3-7-18(24)8-4-17)13-20(21)16-5-9-19(25)10-6-16/h3-10,15,20-21H,11-14H2,1-2H3,(H,26,28).